The number of halogens is 1. The van der Waals surface area contributed by atoms with Crippen molar-refractivity contribution >= 4 is 50.9 Å². The third-order valence-corrected chi connectivity index (χ3v) is 8.11. The van der Waals surface area contributed by atoms with Crippen LogP contribution in [-0.4, -0.2) is 24.9 Å². The number of hydrogen-bond donors (Lipinski definition) is 1. The number of aromatic nitrogens is 5. The maximum atomic E-state index is 6.85. The molecule has 8 rings (SSSR count). The van der Waals surface area contributed by atoms with Crippen molar-refractivity contribution in [1.82, 2.24) is 24.9 Å². The number of nitrogens with zero attached hydrogens (tertiary/aromatic N) is 5. The number of benzene rings is 5. The number of nitrogens with one attached hydrogen (secondary N) is 1. The smallest absolute Gasteiger partial charge is 0.240 e. The Labute approximate surface area is 264 Å². The summed E-state index contributed by atoms with van der Waals surface area (Å²) in [4.78, 5) is 25.3. The Morgan fingerprint density at radius 1 is 0.511 bits per heavy atom. The van der Waals surface area contributed by atoms with E-state index in [0.29, 0.717) is 28.4 Å². The van der Waals surface area contributed by atoms with E-state index < -0.39 is 0 Å². The second kappa shape index (κ2) is 11.3. The van der Waals surface area contributed by atoms with E-state index in [4.69, 9.17) is 31.5 Å². The van der Waals surface area contributed by atoms with Crippen LogP contribution in [0.15, 0.2) is 146 Å². The van der Waals surface area contributed by atoms with Crippen LogP contribution in [0, 0.1) is 0 Å². The molecule has 1 N–H and O–H groups in total. The Morgan fingerprint density at radius 3 is 1.84 bits per heavy atom. The van der Waals surface area contributed by atoms with Crippen LogP contribution in [0.4, 0.5) is 17.5 Å². The quantitative estimate of drug-likeness (QED) is 0.206. The van der Waals surface area contributed by atoms with Crippen molar-refractivity contribution in [2.45, 2.75) is 0 Å². The van der Waals surface area contributed by atoms with Crippen LogP contribution in [0.2, 0.25) is 5.02 Å². The minimum atomic E-state index is 0.401. The highest BCUT2D eigenvalue weighted by atomic mass is 35.5. The first-order chi connectivity index (χ1) is 22.2. The summed E-state index contributed by atoms with van der Waals surface area (Å²) >= 11 is 6.85. The van der Waals surface area contributed by atoms with Crippen LogP contribution in [0.25, 0.3) is 55.7 Å². The average molecular weight is 601 g/mol. The van der Waals surface area contributed by atoms with Gasteiger partial charge in [-0.15, -0.1) is 0 Å². The molecular weight excluding hydrogens is 576 g/mol. The summed E-state index contributed by atoms with van der Waals surface area (Å²) < 4.78 is 0. The van der Waals surface area contributed by atoms with E-state index in [1.54, 1.807) is 6.20 Å². The summed E-state index contributed by atoms with van der Waals surface area (Å²) in [5, 5.41) is 2.68. The van der Waals surface area contributed by atoms with Gasteiger partial charge in [-0.2, -0.15) is 9.97 Å². The molecule has 45 heavy (non-hydrogen) atoms. The van der Waals surface area contributed by atoms with Gasteiger partial charge in [-0.25, -0.2) is 9.97 Å². The van der Waals surface area contributed by atoms with Crippen LogP contribution in [0.5, 0.6) is 0 Å². The van der Waals surface area contributed by atoms with E-state index in [1.807, 2.05) is 102 Å². The van der Waals surface area contributed by atoms with Gasteiger partial charge in [-0.05, 0) is 35.4 Å². The molecule has 3 heterocycles. The number of rotatable bonds is 6. The molecule has 0 atom stereocenters. The Morgan fingerprint density at radius 2 is 1.11 bits per heavy atom. The minimum Gasteiger partial charge on any atom is -0.353 e. The van der Waals surface area contributed by atoms with Gasteiger partial charge < -0.3 is 4.98 Å². The van der Waals surface area contributed by atoms with Crippen LogP contribution >= 0.6 is 11.6 Å². The number of H-pyrrole nitrogens is 1. The van der Waals surface area contributed by atoms with Gasteiger partial charge in [0.25, 0.3) is 0 Å². The fraction of sp³-hybridized carbons (Fsp3) is 0. The molecule has 6 nitrogen and oxygen atoms in total. The lowest BCUT2D eigenvalue weighted by Gasteiger charge is -2.24. The normalized spacial score (nSPS) is 11.2. The maximum absolute atomic E-state index is 6.85. The molecule has 8 aromatic rings. The highest BCUT2D eigenvalue weighted by Crippen LogP contribution is 2.41. The predicted molar refractivity (Wildman–Crippen MR) is 183 cm³/mol. The summed E-state index contributed by atoms with van der Waals surface area (Å²) in [6.45, 7) is 0. The molecule has 0 saturated heterocycles. The first kappa shape index (κ1) is 26.8. The fourth-order valence-corrected chi connectivity index (χ4v) is 5.86. The van der Waals surface area contributed by atoms with Crippen molar-refractivity contribution in [1.29, 1.82) is 0 Å². The molecule has 0 bridgehead atoms. The molecule has 0 fully saturated rings. The minimum absolute atomic E-state index is 0.401. The summed E-state index contributed by atoms with van der Waals surface area (Å²) in [7, 11) is 0. The molecule has 0 aliphatic rings. The molecule has 5 aromatic carbocycles. The van der Waals surface area contributed by atoms with E-state index in [0.717, 1.165) is 49.7 Å². The lowest BCUT2D eigenvalue weighted by Crippen LogP contribution is -2.17. The molecule has 0 saturated carbocycles. The van der Waals surface area contributed by atoms with Crippen LogP contribution in [0.3, 0.4) is 0 Å². The molecule has 3 aromatic heterocycles. The van der Waals surface area contributed by atoms with Crippen molar-refractivity contribution in [2.75, 3.05) is 4.90 Å². The molecular formula is C38H25ClN6. The summed E-state index contributed by atoms with van der Waals surface area (Å²) in [6, 6.07) is 46.6. The highest BCUT2D eigenvalue weighted by Gasteiger charge is 2.25. The maximum Gasteiger partial charge on any atom is 0.240 e. The Kier molecular flexibility index (Phi) is 6.74. The highest BCUT2D eigenvalue weighted by molar-refractivity contribution is 6.33. The van der Waals surface area contributed by atoms with Crippen molar-refractivity contribution in [3.8, 4) is 33.9 Å². The van der Waals surface area contributed by atoms with E-state index in [9.17, 15) is 0 Å². The zero-order valence-corrected chi connectivity index (χ0v) is 24.7. The molecule has 0 amide bonds. The van der Waals surface area contributed by atoms with Gasteiger partial charge in [0.05, 0.1) is 16.2 Å². The number of anilines is 3. The van der Waals surface area contributed by atoms with Crippen LogP contribution in [0.1, 0.15) is 0 Å². The average Bonchev–Trinajstić information content (AvgIpc) is 3.50. The second-order valence-electron chi connectivity index (χ2n) is 10.6. The van der Waals surface area contributed by atoms with Gasteiger partial charge in [-0.1, -0.05) is 127 Å². The monoisotopic (exact) mass is 600 g/mol. The lowest BCUT2D eigenvalue weighted by atomic mass is 10.0. The standard InChI is InChI=1S/C38H25ClN6/c39-31-17-10-24-40-37(31)45(33-19-9-16-30-29-15-7-8-18-32(29)41-34(30)33)38-43-35(27-13-5-2-6-14-27)42-36(44-38)28-22-20-26(21-23-28)25-11-3-1-4-12-25/h1-24,41H. The zero-order valence-electron chi connectivity index (χ0n) is 24.0. The lowest BCUT2D eigenvalue weighted by molar-refractivity contribution is 1.01. The summed E-state index contributed by atoms with van der Waals surface area (Å²) in [5.74, 6) is 2.00. The van der Waals surface area contributed by atoms with Gasteiger partial charge in [0.1, 0.15) is 0 Å². The molecule has 0 aliphatic heterocycles. The summed E-state index contributed by atoms with van der Waals surface area (Å²) in [5.41, 5.74) is 6.78. The molecule has 214 valence electrons. The Bertz CT molecular complexity index is 2280. The molecule has 7 heteroatoms. The first-order valence-corrected chi connectivity index (χ1v) is 15.0. The van der Waals surface area contributed by atoms with Crippen molar-refractivity contribution in [3.05, 3.63) is 151 Å². The SMILES string of the molecule is Clc1cccnc1N(c1nc(-c2ccccc2)nc(-c2ccc(-c3ccccc3)cc2)n1)c1cccc2c1[nH]c1ccccc12. The van der Waals surface area contributed by atoms with E-state index in [1.165, 1.54) is 0 Å². The van der Waals surface area contributed by atoms with E-state index in [-0.39, 0.29) is 0 Å². The van der Waals surface area contributed by atoms with Gasteiger partial charge in [-0.3, -0.25) is 4.90 Å². The number of para-hydroxylation sites is 2. The Balaban J connectivity index is 1.36. The topological polar surface area (TPSA) is 70.6 Å². The number of fused-ring (bicyclic) bond motifs is 3. The molecule has 0 radical (unpaired) electrons. The molecule has 0 unspecified atom stereocenters. The first-order valence-electron chi connectivity index (χ1n) is 14.6. The van der Waals surface area contributed by atoms with Gasteiger partial charge >= 0.3 is 0 Å². The largest absolute Gasteiger partial charge is 0.353 e. The van der Waals surface area contributed by atoms with Gasteiger partial charge in [0.2, 0.25) is 5.95 Å². The van der Waals surface area contributed by atoms with E-state index >= 15 is 0 Å². The van der Waals surface area contributed by atoms with E-state index in [2.05, 4.69) is 47.4 Å². The van der Waals surface area contributed by atoms with Gasteiger partial charge in [0.15, 0.2) is 17.5 Å². The second-order valence-corrected chi connectivity index (χ2v) is 11.0. The number of pyridine rings is 1. The van der Waals surface area contributed by atoms with Crippen molar-refractivity contribution in [2.24, 2.45) is 0 Å². The van der Waals surface area contributed by atoms with Gasteiger partial charge in [0, 0.05) is 33.6 Å². The molecule has 0 aliphatic carbocycles. The number of aromatic amines is 1. The van der Waals surface area contributed by atoms with Crippen LogP contribution < -0.4 is 4.90 Å². The fourth-order valence-electron chi connectivity index (χ4n) is 5.65. The Hall–Kier alpha value is -5.85. The number of hydrogen-bond acceptors (Lipinski definition) is 5. The summed E-state index contributed by atoms with van der Waals surface area (Å²) in [6.07, 6.45) is 1.72. The molecule has 0 spiro atoms. The predicted octanol–water partition coefficient (Wildman–Crippen LogP) is 10.0. The van der Waals surface area contributed by atoms with Crippen molar-refractivity contribution < 1.29 is 0 Å². The van der Waals surface area contributed by atoms with Crippen molar-refractivity contribution in [3.63, 3.8) is 0 Å². The third kappa shape index (κ3) is 4.97. The zero-order chi connectivity index (χ0) is 30.2. The third-order valence-electron chi connectivity index (χ3n) is 7.82. The van der Waals surface area contributed by atoms with Crippen LogP contribution in [-0.2, 0) is 0 Å².